The van der Waals surface area contributed by atoms with Crippen LogP contribution in [0.1, 0.15) is 16.7 Å². The minimum atomic E-state index is -5.79. The number of halogens is 6. The first-order valence-electron chi connectivity index (χ1n) is 11.1. The number of benzene rings is 2. The number of anilines is 1. The Hall–Kier alpha value is -3.70. The molecule has 12 heteroatoms. The highest BCUT2D eigenvalue weighted by Crippen LogP contribution is 2.58. The van der Waals surface area contributed by atoms with Gasteiger partial charge in [-0.05, 0) is 30.2 Å². The molecule has 0 radical (unpaired) electrons. The van der Waals surface area contributed by atoms with Crippen LogP contribution >= 0.6 is 0 Å². The maximum atomic E-state index is 14.3. The Labute approximate surface area is 205 Å². The molecule has 0 spiro atoms. The monoisotopic (exact) mass is 524 g/mol. The largest absolute Gasteiger partial charge is 0.411 e. The van der Waals surface area contributed by atoms with Gasteiger partial charge in [0.1, 0.15) is 0 Å². The van der Waals surface area contributed by atoms with Crippen molar-refractivity contribution >= 4 is 29.3 Å². The average Bonchev–Trinajstić information content (AvgIpc) is 3.09. The summed E-state index contributed by atoms with van der Waals surface area (Å²) in [6.07, 6.45) is -11.6. The lowest BCUT2D eigenvalue weighted by Crippen LogP contribution is -2.54. The Kier molecular flexibility index (Phi) is 5.17. The molecular formula is C25H18F6N2O4. The van der Waals surface area contributed by atoms with Crippen molar-refractivity contribution in [3.63, 3.8) is 0 Å². The van der Waals surface area contributed by atoms with E-state index in [4.69, 9.17) is 0 Å². The molecule has 2 aliphatic heterocycles. The number of hydrogen-bond donors (Lipinski definition) is 0. The summed E-state index contributed by atoms with van der Waals surface area (Å²) in [5.74, 6) is -7.07. The third-order valence-corrected chi connectivity index (χ3v) is 7.68. The molecule has 3 aliphatic rings. The van der Waals surface area contributed by atoms with E-state index in [0.29, 0.717) is 22.6 Å². The molecule has 4 amide bonds. The molecule has 2 aromatic carbocycles. The molecule has 4 unspecified atom stereocenters. The topological polar surface area (TPSA) is 74.8 Å². The lowest BCUT2D eigenvalue weighted by atomic mass is 9.59. The lowest BCUT2D eigenvalue weighted by molar-refractivity contribution is -0.288. The van der Waals surface area contributed by atoms with E-state index in [9.17, 15) is 45.5 Å². The first kappa shape index (κ1) is 25.0. The summed E-state index contributed by atoms with van der Waals surface area (Å²) in [5.41, 5.74) is -6.34. The molecule has 4 atom stereocenters. The van der Waals surface area contributed by atoms with Crippen molar-refractivity contribution in [2.24, 2.45) is 23.7 Å². The minimum absolute atomic E-state index is 0.248. The number of carbonyl (C=O) groups is 4. The number of nitrogens with zero attached hydrogens (tertiary/aromatic N) is 2. The van der Waals surface area contributed by atoms with E-state index in [1.807, 2.05) is 0 Å². The molecule has 2 heterocycles. The summed E-state index contributed by atoms with van der Waals surface area (Å²) in [6, 6.07) is 6.65. The van der Waals surface area contributed by atoms with Crippen molar-refractivity contribution in [1.82, 2.24) is 4.90 Å². The van der Waals surface area contributed by atoms with E-state index in [1.165, 1.54) is 14.0 Å². The molecule has 0 N–H and O–H groups in total. The van der Waals surface area contributed by atoms with E-state index in [2.05, 4.69) is 0 Å². The van der Waals surface area contributed by atoms with Crippen molar-refractivity contribution in [1.29, 1.82) is 0 Å². The SMILES string of the molecule is Cc1ccc(C(c2ccc(N3C(=O)C4C5C(=O)N(C)C(=O)C5C4C3=O)cc2)(C(F)(F)F)C(F)(F)F)cc1. The third kappa shape index (κ3) is 3.07. The van der Waals surface area contributed by atoms with Crippen LogP contribution in [-0.2, 0) is 24.6 Å². The van der Waals surface area contributed by atoms with Gasteiger partial charge in [-0.1, -0.05) is 42.0 Å². The summed E-state index contributed by atoms with van der Waals surface area (Å²) in [7, 11) is 1.24. The third-order valence-electron chi connectivity index (χ3n) is 7.68. The normalized spacial score (nSPS) is 25.9. The quantitative estimate of drug-likeness (QED) is 0.453. The van der Waals surface area contributed by atoms with E-state index in [-0.39, 0.29) is 5.69 Å². The second-order valence-corrected chi connectivity index (χ2v) is 9.51. The highest BCUT2D eigenvalue weighted by Gasteiger charge is 2.74. The number of amides is 4. The maximum Gasteiger partial charge on any atom is 0.411 e. The van der Waals surface area contributed by atoms with Crippen LogP contribution in [0.3, 0.4) is 0 Å². The molecule has 6 nitrogen and oxygen atoms in total. The number of hydrogen-bond acceptors (Lipinski definition) is 4. The Morgan fingerprint density at radius 2 is 0.946 bits per heavy atom. The van der Waals surface area contributed by atoms with Gasteiger partial charge in [-0.15, -0.1) is 0 Å². The van der Waals surface area contributed by atoms with Crippen molar-refractivity contribution < 1.29 is 45.5 Å². The number of aryl methyl sites for hydroxylation is 1. The molecule has 5 rings (SSSR count). The first-order valence-corrected chi connectivity index (χ1v) is 11.1. The predicted octanol–water partition coefficient (Wildman–Crippen LogP) is 3.76. The standard InChI is InChI=1S/C25H18F6N2O4/c1-11-3-5-12(6-4-11)23(24(26,27)28,25(29,30)31)13-7-9-14(10-8-13)33-21(36)17-15-16(18(17)22(33)37)20(35)32(2)19(15)34/h3-10,15-18H,1-2H3. The zero-order valence-corrected chi connectivity index (χ0v) is 19.2. The Bertz CT molecular complexity index is 1280. The number of rotatable bonds is 3. The Morgan fingerprint density at radius 1 is 0.595 bits per heavy atom. The lowest BCUT2D eigenvalue weighted by Gasteiger charge is -2.38. The van der Waals surface area contributed by atoms with Gasteiger partial charge < -0.3 is 0 Å². The zero-order valence-electron chi connectivity index (χ0n) is 19.2. The van der Waals surface area contributed by atoms with Crippen LogP contribution in [-0.4, -0.2) is 47.9 Å². The van der Waals surface area contributed by atoms with Gasteiger partial charge >= 0.3 is 12.4 Å². The van der Waals surface area contributed by atoms with E-state index in [1.54, 1.807) is 0 Å². The summed E-state index contributed by atoms with van der Waals surface area (Å²) in [5, 5.41) is 0. The molecule has 194 valence electrons. The fraction of sp³-hybridized carbons (Fsp3) is 0.360. The molecule has 37 heavy (non-hydrogen) atoms. The number of imide groups is 2. The zero-order chi connectivity index (χ0) is 27.2. The van der Waals surface area contributed by atoms with Gasteiger partial charge in [0, 0.05) is 7.05 Å². The molecule has 0 bridgehead atoms. The fourth-order valence-electron chi connectivity index (χ4n) is 5.84. The van der Waals surface area contributed by atoms with Gasteiger partial charge in [-0.3, -0.25) is 29.0 Å². The van der Waals surface area contributed by atoms with E-state index >= 15 is 0 Å². The number of fused-ring (bicyclic) bond motifs is 4. The molecule has 2 aromatic rings. The van der Waals surface area contributed by atoms with Crippen molar-refractivity contribution in [3.05, 3.63) is 65.2 Å². The van der Waals surface area contributed by atoms with Crippen molar-refractivity contribution in [2.75, 3.05) is 11.9 Å². The van der Waals surface area contributed by atoms with Crippen LogP contribution in [0.4, 0.5) is 32.0 Å². The summed E-state index contributed by atoms with van der Waals surface area (Å²) in [6.45, 7) is 1.52. The molecule has 2 saturated heterocycles. The summed E-state index contributed by atoms with van der Waals surface area (Å²) < 4.78 is 85.9. The summed E-state index contributed by atoms with van der Waals surface area (Å²) in [4.78, 5) is 52.1. The van der Waals surface area contributed by atoms with E-state index < -0.39 is 76.2 Å². The summed E-state index contributed by atoms with van der Waals surface area (Å²) >= 11 is 0. The van der Waals surface area contributed by atoms with Crippen LogP contribution in [0.2, 0.25) is 0 Å². The van der Waals surface area contributed by atoms with Crippen LogP contribution in [0, 0.1) is 30.6 Å². The van der Waals surface area contributed by atoms with E-state index in [0.717, 1.165) is 41.3 Å². The minimum Gasteiger partial charge on any atom is -0.285 e. The second kappa shape index (κ2) is 7.65. The van der Waals surface area contributed by atoms with Crippen LogP contribution in [0.25, 0.3) is 0 Å². The molecule has 1 saturated carbocycles. The molecule has 1 aliphatic carbocycles. The van der Waals surface area contributed by atoms with Crippen LogP contribution < -0.4 is 4.90 Å². The van der Waals surface area contributed by atoms with Gasteiger partial charge in [0.25, 0.3) is 0 Å². The highest BCUT2D eigenvalue weighted by molar-refractivity contribution is 6.27. The molecule has 3 fully saturated rings. The van der Waals surface area contributed by atoms with Gasteiger partial charge in [-0.2, -0.15) is 26.3 Å². The maximum absolute atomic E-state index is 14.3. The van der Waals surface area contributed by atoms with Crippen molar-refractivity contribution in [2.45, 2.75) is 24.7 Å². The van der Waals surface area contributed by atoms with Crippen molar-refractivity contribution in [3.8, 4) is 0 Å². The van der Waals surface area contributed by atoms with Gasteiger partial charge in [-0.25, -0.2) is 0 Å². The molecule has 0 aromatic heterocycles. The average molecular weight is 524 g/mol. The number of alkyl halides is 6. The molecular weight excluding hydrogens is 506 g/mol. The highest BCUT2D eigenvalue weighted by atomic mass is 19.4. The second-order valence-electron chi connectivity index (χ2n) is 9.51. The van der Waals surface area contributed by atoms with Gasteiger partial charge in [0.2, 0.25) is 29.0 Å². The Morgan fingerprint density at radius 3 is 1.32 bits per heavy atom. The van der Waals surface area contributed by atoms with Crippen LogP contribution in [0.15, 0.2) is 48.5 Å². The smallest absolute Gasteiger partial charge is 0.285 e. The van der Waals surface area contributed by atoms with Gasteiger partial charge in [0.15, 0.2) is 0 Å². The predicted molar refractivity (Wildman–Crippen MR) is 115 cm³/mol. The first-order chi connectivity index (χ1) is 17.1. The number of likely N-dealkylation sites (tertiary alicyclic amines) is 1. The van der Waals surface area contributed by atoms with Gasteiger partial charge in [0.05, 0.1) is 29.4 Å². The van der Waals surface area contributed by atoms with Crippen LogP contribution in [0.5, 0.6) is 0 Å². The Balaban J connectivity index is 1.56. The number of carbonyl (C=O) groups excluding carboxylic acids is 4. The fourth-order valence-corrected chi connectivity index (χ4v) is 5.84.